The van der Waals surface area contributed by atoms with Crippen LogP contribution in [0.15, 0.2) is 6.33 Å². The highest BCUT2D eigenvalue weighted by Crippen LogP contribution is 2.28. The minimum atomic E-state index is -3.77. The van der Waals surface area contributed by atoms with E-state index < -0.39 is 16.3 Å². The van der Waals surface area contributed by atoms with Crippen molar-refractivity contribution < 1.29 is 13.5 Å². The Labute approximate surface area is 177 Å². The van der Waals surface area contributed by atoms with Gasteiger partial charge in [-0.15, -0.1) is 0 Å². The summed E-state index contributed by atoms with van der Waals surface area (Å²) in [5.41, 5.74) is 1.30. The molecule has 2 unspecified atom stereocenters. The van der Waals surface area contributed by atoms with E-state index >= 15 is 0 Å². The van der Waals surface area contributed by atoms with Gasteiger partial charge in [-0.2, -0.15) is 22.7 Å². The molecule has 3 rings (SSSR count). The minimum Gasteiger partial charge on any atom is -0.391 e. The van der Waals surface area contributed by atoms with E-state index in [9.17, 15) is 13.5 Å². The van der Waals surface area contributed by atoms with E-state index in [0.29, 0.717) is 55.3 Å². The molecule has 3 heterocycles. The molecule has 0 bridgehead atoms. The first kappa shape index (κ1) is 22.7. The summed E-state index contributed by atoms with van der Waals surface area (Å²) in [4.78, 5) is 13.7. The number of fused-ring (bicyclic) bond motifs is 1. The lowest BCUT2D eigenvalue weighted by Crippen LogP contribution is -2.44. The van der Waals surface area contributed by atoms with Crippen molar-refractivity contribution in [3.8, 4) is 0 Å². The highest BCUT2D eigenvalue weighted by Gasteiger charge is 2.39. The van der Waals surface area contributed by atoms with Crippen LogP contribution in [0.1, 0.15) is 47.0 Å². The standard InChI is InChI=1S/C18H32N8O3S/c1-5-12(11(4)27)22-18-23-16(15-17(24-18)25(7-3)10-20-15)21-13-8-9-26(14(13)6-2)30(19,28)29/h10-14,27H,5-9H2,1-4H3,(H2,19,28,29)(H2,21,22,23,24)/t11-,12+,13?,14?/m1/s1. The fourth-order valence-electron chi connectivity index (χ4n) is 4.04. The quantitative estimate of drug-likeness (QED) is 0.449. The molecule has 4 atom stereocenters. The van der Waals surface area contributed by atoms with Crippen LogP contribution >= 0.6 is 0 Å². The van der Waals surface area contributed by atoms with Crippen molar-refractivity contribution in [2.24, 2.45) is 5.14 Å². The monoisotopic (exact) mass is 440 g/mol. The first-order valence-electron chi connectivity index (χ1n) is 10.4. The van der Waals surface area contributed by atoms with Gasteiger partial charge < -0.3 is 20.3 Å². The van der Waals surface area contributed by atoms with E-state index in [-0.39, 0.29) is 18.1 Å². The number of imidazole rings is 1. The molecule has 0 spiro atoms. The number of anilines is 2. The molecule has 30 heavy (non-hydrogen) atoms. The first-order valence-corrected chi connectivity index (χ1v) is 11.9. The second-order valence-electron chi connectivity index (χ2n) is 7.67. The Hall–Kier alpha value is -2.02. The van der Waals surface area contributed by atoms with Gasteiger partial charge in [0.05, 0.1) is 18.5 Å². The van der Waals surface area contributed by atoms with E-state index in [1.807, 2.05) is 25.3 Å². The van der Waals surface area contributed by atoms with Gasteiger partial charge in [0.2, 0.25) is 5.95 Å². The van der Waals surface area contributed by atoms with Crippen LogP contribution in [0.2, 0.25) is 0 Å². The molecule has 0 aliphatic carbocycles. The molecule has 2 aromatic rings. The largest absolute Gasteiger partial charge is 0.391 e. The molecular formula is C18H32N8O3S. The number of aliphatic hydroxyl groups is 1. The number of aryl methyl sites for hydroxylation is 1. The molecule has 1 aliphatic heterocycles. The van der Waals surface area contributed by atoms with Gasteiger partial charge in [-0.25, -0.2) is 10.1 Å². The third-order valence-corrected chi connectivity index (χ3v) is 6.81. The number of rotatable bonds is 9. The third-order valence-electron chi connectivity index (χ3n) is 5.70. The number of hydrogen-bond acceptors (Lipinski definition) is 8. The van der Waals surface area contributed by atoms with Gasteiger partial charge in [0.25, 0.3) is 10.2 Å². The zero-order valence-electron chi connectivity index (χ0n) is 17.9. The van der Waals surface area contributed by atoms with Gasteiger partial charge >= 0.3 is 0 Å². The second-order valence-corrected chi connectivity index (χ2v) is 9.17. The highest BCUT2D eigenvalue weighted by atomic mass is 32.2. The number of hydrogen-bond donors (Lipinski definition) is 4. The lowest BCUT2D eigenvalue weighted by atomic mass is 10.1. The zero-order valence-corrected chi connectivity index (χ0v) is 18.7. The fraction of sp³-hybridized carbons (Fsp3) is 0.722. The van der Waals surface area contributed by atoms with E-state index in [1.54, 1.807) is 13.3 Å². The number of nitrogens with zero attached hydrogens (tertiary/aromatic N) is 5. The van der Waals surface area contributed by atoms with Gasteiger partial charge in [-0.3, -0.25) is 0 Å². The van der Waals surface area contributed by atoms with Gasteiger partial charge in [-0.05, 0) is 33.1 Å². The number of aliphatic hydroxyl groups excluding tert-OH is 1. The summed E-state index contributed by atoms with van der Waals surface area (Å²) in [5.74, 6) is 0.928. The minimum absolute atomic E-state index is 0.148. The van der Waals surface area contributed by atoms with Crippen LogP contribution < -0.4 is 15.8 Å². The number of nitrogens with two attached hydrogens (primary N) is 1. The van der Waals surface area contributed by atoms with E-state index in [4.69, 9.17) is 5.14 Å². The summed E-state index contributed by atoms with van der Waals surface area (Å²) in [6.07, 6.45) is 3.09. The Morgan fingerprint density at radius 3 is 2.63 bits per heavy atom. The molecule has 1 fully saturated rings. The lowest BCUT2D eigenvalue weighted by molar-refractivity contribution is 0.169. The average Bonchev–Trinajstić information content (AvgIpc) is 3.29. The Balaban J connectivity index is 1.97. The highest BCUT2D eigenvalue weighted by molar-refractivity contribution is 7.86. The smallest absolute Gasteiger partial charge is 0.277 e. The van der Waals surface area contributed by atoms with Crippen molar-refractivity contribution in [2.75, 3.05) is 17.2 Å². The van der Waals surface area contributed by atoms with Gasteiger partial charge in [-0.1, -0.05) is 13.8 Å². The molecule has 0 saturated carbocycles. The molecule has 11 nitrogen and oxygen atoms in total. The molecule has 168 valence electrons. The van der Waals surface area contributed by atoms with Crippen molar-refractivity contribution in [3.63, 3.8) is 0 Å². The van der Waals surface area contributed by atoms with Crippen LogP contribution in [0.5, 0.6) is 0 Å². The third kappa shape index (κ3) is 4.51. The van der Waals surface area contributed by atoms with Crippen LogP contribution in [0, 0.1) is 0 Å². The van der Waals surface area contributed by atoms with Crippen molar-refractivity contribution in [3.05, 3.63) is 6.33 Å². The Morgan fingerprint density at radius 1 is 1.33 bits per heavy atom. The molecule has 5 N–H and O–H groups in total. The van der Waals surface area contributed by atoms with Crippen molar-refractivity contribution in [1.82, 2.24) is 23.8 Å². The lowest BCUT2D eigenvalue weighted by Gasteiger charge is -2.26. The molecule has 0 amide bonds. The van der Waals surface area contributed by atoms with Crippen molar-refractivity contribution in [1.29, 1.82) is 0 Å². The van der Waals surface area contributed by atoms with Crippen LogP contribution in [0.25, 0.3) is 11.2 Å². The Kier molecular flexibility index (Phi) is 6.80. The van der Waals surface area contributed by atoms with E-state index in [2.05, 4.69) is 25.6 Å². The maximum Gasteiger partial charge on any atom is 0.277 e. The summed E-state index contributed by atoms with van der Waals surface area (Å²) in [7, 11) is -3.77. The second kappa shape index (κ2) is 9.00. The molecule has 0 radical (unpaired) electrons. The summed E-state index contributed by atoms with van der Waals surface area (Å²) >= 11 is 0. The summed E-state index contributed by atoms with van der Waals surface area (Å²) < 4.78 is 27.1. The van der Waals surface area contributed by atoms with E-state index in [0.717, 1.165) is 0 Å². The van der Waals surface area contributed by atoms with Gasteiger partial charge in [0.15, 0.2) is 17.0 Å². The SMILES string of the molecule is CCC1C(Nc2nc(N[C@@H](CC)[C@@H](C)O)nc3c2ncn3CC)CCN1S(N)(=O)=O. The normalized spacial score (nSPS) is 22.3. The summed E-state index contributed by atoms with van der Waals surface area (Å²) in [5, 5.41) is 22.0. The van der Waals surface area contributed by atoms with Crippen molar-refractivity contribution >= 4 is 33.1 Å². The van der Waals surface area contributed by atoms with E-state index in [1.165, 1.54) is 4.31 Å². The molecular weight excluding hydrogens is 408 g/mol. The summed E-state index contributed by atoms with van der Waals surface area (Å²) in [6.45, 7) is 8.69. The Morgan fingerprint density at radius 2 is 2.07 bits per heavy atom. The summed E-state index contributed by atoms with van der Waals surface area (Å²) in [6, 6.07) is -0.610. The fourth-order valence-corrected chi connectivity index (χ4v) is 5.08. The van der Waals surface area contributed by atoms with Crippen LogP contribution in [-0.4, -0.2) is 68.1 Å². The van der Waals surface area contributed by atoms with Crippen LogP contribution in [0.3, 0.4) is 0 Å². The molecule has 2 aromatic heterocycles. The topological polar surface area (TPSA) is 151 Å². The number of nitrogens with one attached hydrogen (secondary N) is 2. The zero-order chi connectivity index (χ0) is 22.1. The maximum atomic E-state index is 11.9. The van der Waals surface area contributed by atoms with Crippen LogP contribution in [-0.2, 0) is 16.8 Å². The molecule has 12 heteroatoms. The average molecular weight is 441 g/mol. The van der Waals surface area contributed by atoms with Gasteiger partial charge in [0.1, 0.15) is 0 Å². The van der Waals surface area contributed by atoms with Crippen molar-refractivity contribution in [2.45, 2.75) is 77.7 Å². The maximum absolute atomic E-state index is 11.9. The Bertz CT molecular complexity index is 977. The molecule has 1 aliphatic rings. The molecule has 1 saturated heterocycles. The van der Waals surface area contributed by atoms with Gasteiger partial charge in [0, 0.05) is 25.2 Å². The van der Waals surface area contributed by atoms with Crippen LogP contribution in [0.4, 0.5) is 11.8 Å². The number of aromatic nitrogens is 4. The molecule has 0 aromatic carbocycles. The predicted molar refractivity (Wildman–Crippen MR) is 116 cm³/mol. The predicted octanol–water partition coefficient (Wildman–Crippen LogP) is 0.886. The first-order chi connectivity index (χ1) is 14.2.